The number of nitrogens with two attached hydrogens (primary N) is 1. The molecule has 0 aromatic rings. The Kier molecular flexibility index (Phi) is 3.02. The lowest BCUT2D eigenvalue weighted by molar-refractivity contribution is -0.222. The fourth-order valence-electron chi connectivity index (χ4n) is 1.31. The van der Waals surface area contributed by atoms with Crippen LogP contribution in [0, 0.1) is 0 Å². The highest BCUT2D eigenvalue weighted by molar-refractivity contribution is 6.15. The molecule has 0 atom stereocenters. The van der Waals surface area contributed by atoms with E-state index in [0.29, 0.717) is 6.42 Å². The van der Waals surface area contributed by atoms with Crippen molar-refractivity contribution in [2.45, 2.75) is 39.4 Å². The molecule has 2 N–H and O–H groups in total. The molecule has 0 radical (unpaired) electrons. The molecule has 1 aliphatic heterocycles. The summed E-state index contributed by atoms with van der Waals surface area (Å²) in [7, 11) is 0. The lowest BCUT2D eigenvalue weighted by Crippen LogP contribution is -2.42. The fourth-order valence-corrected chi connectivity index (χ4v) is 1.31. The lowest BCUT2D eigenvalue weighted by Gasteiger charge is -2.30. The highest BCUT2D eigenvalue weighted by Gasteiger charge is 2.40. The van der Waals surface area contributed by atoms with Crippen molar-refractivity contribution in [1.82, 2.24) is 0 Å². The van der Waals surface area contributed by atoms with Crippen LogP contribution in [0.3, 0.4) is 0 Å². The highest BCUT2D eigenvalue weighted by Crippen LogP contribution is 2.24. The summed E-state index contributed by atoms with van der Waals surface area (Å²) in [5.74, 6) is -2.62. The second kappa shape index (κ2) is 3.92. The summed E-state index contributed by atoms with van der Waals surface area (Å²) in [5, 5.41) is 0. The third-order valence-corrected chi connectivity index (χ3v) is 1.93. The zero-order chi connectivity index (χ0) is 11.6. The molecule has 15 heavy (non-hydrogen) atoms. The summed E-state index contributed by atoms with van der Waals surface area (Å²) >= 11 is 0. The lowest BCUT2D eigenvalue weighted by atomic mass is 10.1. The van der Waals surface area contributed by atoms with Gasteiger partial charge in [0.2, 0.25) is 0 Å². The summed E-state index contributed by atoms with van der Waals surface area (Å²) in [6.07, 6.45) is 1.22. The molecule has 0 bridgehead atoms. The Morgan fingerprint density at radius 1 is 1.27 bits per heavy atom. The van der Waals surface area contributed by atoms with Crippen LogP contribution in [0.5, 0.6) is 0 Å². The number of esters is 2. The third kappa shape index (κ3) is 2.49. The molecule has 5 nitrogen and oxygen atoms in total. The van der Waals surface area contributed by atoms with E-state index in [-0.39, 0.29) is 11.3 Å². The first-order valence-corrected chi connectivity index (χ1v) is 4.82. The van der Waals surface area contributed by atoms with Crippen molar-refractivity contribution >= 4 is 11.9 Å². The second-order valence-electron chi connectivity index (χ2n) is 3.83. The molecule has 1 fully saturated rings. The molecule has 5 heteroatoms. The van der Waals surface area contributed by atoms with Crippen LogP contribution in [0.4, 0.5) is 0 Å². The molecule has 0 aromatic heterocycles. The minimum atomic E-state index is -1.20. The Morgan fingerprint density at radius 3 is 2.13 bits per heavy atom. The van der Waals surface area contributed by atoms with E-state index in [2.05, 4.69) is 0 Å². The zero-order valence-electron chi connectivity index (χ0n) is 9.12. The Morgan fingerprint density at radius 2 is 1.73 bits per heavy atom. The van der Waals surface area contributed by atoms with Gasteiger partial charge >= 0.3 is 11.9 Å². The summed E-state index contributed by atoms with van der Waals surface area (Å²) in [5.41, 5.74) is 5.66. The molecule has 0 unspecified atom stereocenters. The van der Waals surface area contributed by atoms with Crippen LogP contribution in [0.2, 0.25) is 0 Å². The molecule has 0 amide bonds. The van der Waals surface area contributed by atoms with E-state index in [1.807, 2.05) is 6.92 Å². The largest absolute Gasteiger partial charge is 0.419 e. The van der Waals surface area contributed by atoms with E-state index in [4.69, 9.17) is 15.2 Å². The number of cyclic esters (lactones) is 2. The van der Waals surface area contributed by atoms with Gasteiger partial charge < -0.3 is 15.2 Å². The number of allylic oxidation sites excluding steroid dienone is 1. The van der Waals surface area contributed by atoms with Gasteiger partial charge in [-0.2, -0.15) is 0 Å². The first kappa shape index (κ1) is 11.6. The van der Waals surface area contributed by atoms with Crippen molar-refractivity contribution in [3.05, 3.63) is 11.3 Å². The van der Waals surface area contributed by atoms with Crippen LogP contribution in [-0.4, -0.2) is 17.7 Å². The van der Waals surface area contributed by atoms with Crippen molar-refractivity contribution in [2.24, 2.45) is 5.73 Å². The maximum atomic E-state index is 11.5. The van der Waals surface area contributed by atoms with Crippen molar-refractivity contribution in [1.29, 1.82) is 0 Å². The molecule has 0 aliphatic carbocycles. The van der Waals surface area contributed by atoms with Gasteiger partial charge in [0.15, 0.2) is 5.57 Å². The third-order valence-electron chi connectivity index (χ3n) is 1.93. The number of carbonyl (C=O) groups is 2. The maximum absolute atomic E-state index is 11.5. The standard InChI is InChI=1S/C10H15NO4/c1-4-5-6(11)7-8(12)14-10(2,3)15-9(7)13/h4-5,11H2,1-3H3. The van der Waals surface area contributed by atoms with Gasteiger partial charge in [0.25, 0.3) is 5.79 Å². The normalized spacial score (nSPS) is 19.5. The van der Waals surface area contributed by atoms with E-state index in [0.717, 1.165) is 6.42 Å². The van der Waals surface area contributed by atoms with Gasteiger partial charge in [0, 0.05) is 19.5 Å². The summed E-state index contributed by atoms with van der Waals surface area (Å²) in [6.45, 7) is 4.89. The highest BCUT2D eigenvalue weighted by atomic mass is 16.7. The molecule has 0 saturated carbocycles. The average Bonchev–Trinajstić information content (AvgIpc) is 1.99. The van der Waals surface area contributed by atoms with Gasteiger partial charge in [-0.15, -0.1) is 0 Å². The minimum Gasteiger partial charge on any atom is -0.419 e. The molecule has 84 valence electrons. The molecule has 0 spiro atoms. The van der Waals surface area contributed by atoms with E-state index in [1.165, 1.54) is 13.8 Å². The number of hydrogen-bond donors (Lipinski definition) is 1. The SMILES string of the molecule is CCCC(N)=C1C(=O)OC(C)(C)OC1=O. The van der Waals surface area contributed by atoms with Crippen molar-refractivity contribution in [2.75, 3.05) is 0 Å². The van der Waals surface area contributed by atoms with E-state index in [9.17, 15) is 9.59 Å². The number of hydrogen-bond acceptors (Lipinski definition) is 5. The zero-order valence-corrected chi connectivity index (χ0v) is 9.12. The molecular formula is C10H15NO4. The molecular weight excluding hydrogens is 198 g/mol. The second-order valence-corrected chi connectivity index (χ2v) is 3.83. The van der Waals surface area contributed by atoms with Gasteiger partial charge in [-0.05, 0) is 6.42 Å². The monoisotopic (exact) mass is 213 g/mol. The Bertz CT molecular complexity index is 308. The van der Waals surface area contributed by atoms with Gasteiger partial charge in [-0.3, -0.25) is 0 Å². The maximum Gasteiger partial charge on any atom is 0.350 e. The van der Waals surface area contributed by atoms with Gasteiger partial charge in [-0.25, -0.2) is 9.59 Å². The van der Waals surface area contributed by atoms with Gasteiger partial charge in [0.1, 0.15) is 0 Å². The molecule has 1 aliphatic rings. The summed E-state index contributed by atoms with van der Waals surface area (Å²) < 4.78 is 9.81. The van der Waals surface area contributed by atoms with Crippen LogP contribution in [0.15, 0.2) is 11.3 Å². The number of ether oxygens (including phenoxy) is 2. The minimum absolute atomic E-state index is 0.170. The average molecular weight is 213 g/mol. The van der Waals surface area contributed by atoms with Crippen LogP contribution in [-0.2, 0) is 19.1 Å². The molecule has 1 saturated heterocycles. The van der Waals surface area contributed by atoms with Crippen LogP contribution < -0.4 is 5.73 Å². The molecule has 0 aromatic carbocycles. The first-order chi connectivity index (χ1) is 6.87. The Balaban J connectivity index is 2.98. The van der Waals surface area contributed by atoms with E-state index >= 15 is 0 Å². The van der Waals surface area contributed by atoms with Gasteiger partial charge in [0.05, 0.1) is 0 Å². The molecule has 1 rings (SSSR count). The first-order valence-electron chi connectivity index (χ1n) is 4.82. The van der Waals surface area contributed by atoms with Crippen LogP contribution >= 0.6 is 0 Å². The van der Waals surface area contributed by atoms with Crippen LogP contribution in [0.25, 0.3) is 0 Å². The smallest absolute Gasteiger partial charge is 0.350 e. The van der Waals surface area contributed by atoms with E-state index < -0.39 is 17.7 Å². The number of rotatable bonds is 2. The summed E-state index contributed by atoms with van der Waals surface area (Å²) in [4.78, 5) is 23.0. The predicted molar refractivity (Wildman–Crippen MR) is 52.4 cm³/mol. The topological polar surface area (TPSA) is 78.6 Å². The fraction of sp³-hybridized carbons (Fsp3) is 0.600. The Labute approximate surface area is 88.2 Å². The summed E-state index contributed by atoms with van der Waals surface area (Å²) in [6, 6.07) is 0. The van der Waals surface area contributed by atoms with Crippen LogP contribution in [0.1, 0.15) is 33.6 Å². The van der Waals surface area contributed by atoms with Crippen molar-refractivity contribution in [3.8, 4) is 0 Å². The Hall–Kier alpha value is -1.52. The molecule has 1 heterocycles. The number of carbonyl (C=O) groups excluding carboxylic acids is 2. The quantitative estimate of drug-likeness (QED) is 0.417. The predicted octanol–water partition coefficient (Wildman–Crippen LogP) is 0.835. The van der Waals surface area contributed by atoms with Crippen molar-refractivity contribution in [3.63, 3.8) is 0 Å². The van der Waals surface area contributed by atoms with E-state index in [1.54, 1.807) is 0 Å². The van der Waals surface area contributed by atoms with Gasteiger partial charge in [-0.1, -0.05) is 13.3 Å². The van der Waals surface area contributed by atoms with Crippen molar-refractivity contribution < 1.29 is 19.1 Å².